The van der Waals surface area contributed by atoms with Crippen molar-refractivity contribution in [3.63, 3.8) is 0 Å². The van der Waals surface area contributed by atoms with Crippen molar-refractivity contribution < 1.29 is 0 Å². The topological polar surface area (TPSA) is 35.8 Å². The van der Waals surface area contributed by atoms with Crippen molar-refractivity contribution in [2.75, 3.05) is 0 Å². The van der Waals surface area contributed by atoms with Gasteiger partial charge in [0.25, 0.3) is 0 Å². The Morgan fingerprint density at radius 1 is 1.33 bits per heavy atom. The van der Waals surface area contributed by atoms with Crippen LogP contribution in [0.5, 0.6) is 0 Å². The van der Waals surface area contributed by atoms with Gasteiger partial charge in [0.2, 0.25) is 0 Å². The van der Waals surface area contributed by atoms with Crippen LogP contribution in [0, 0.1) is 23.2 Å². The van der Waals surface area contributed by atoms with Crippen LogP contribution in [0.15, 0.2) is 24.3 Å². The van der Waals surface area contributed by atoms with E-state index in [4.69, 9.17) is 5.26 Å². The minimum atomic E-state index is 0.350. The summed E-state index contributed by atoms with van der Waals surface area (Å²) in [6.45, 7) is 2.21. The number of rotatable bonds is 3. The standard InChI is InChI=1S/C16H20N2/c1-11(14-4-2-3-13(8-14)10-17)18-16-9-12-5-6-15(16)7-12/h2-4,8,11-12,15-16,18H,5-7,9H2,1H3. The van der Waals surface area contributed by atoms with E-state index >= 15 is 0 Å². The smallest absolute Gasteiger partial charge is 0.0991 e. The highest BCUT2D eigenvalue weighted by atomic mass is 15.0. The first-order valence-electron chi connectivity index (χ1n) is 7.02. The van der Waals surface area contributed by atoms with Crippen LogP contribution in [0.4, 0.5) is 0 Å². The van der Waals surface area contributed by atoms with Crippen LogP contribution < -0.4 is 5.32 Å². The van der Waals surface area contributed by atoms with Gasteiger partial charge in [0.15, 0.2) is 0 Å². The molecule has 94 valence electrons. The molecule has 0 radical (unpaired) electrons. The molecule has 2 saturated carbocycles. The Hall–Kier alpha value is -1.33. The zero-order valence-corrected chi connectivity index (χ0v) is 10.9. The lowest BCUT2D eigenvalue weighted by molar-refractivity contribution is 0.327. The van der Waals surface area contributed by atoms with E-state index in [1.165, 1.54) is 31.2 Å². The van der Waals surface area contributed by atoms with Crippen molar-refractivity contribution in [2.45, 2.75) is 44.7 Å². The van der Waals surface area contributed by atoms with E-state index in [1.807, 2.05) is 18.2 Å². The van der Waals surface area contributed by atoms with Gasteiger partial charge in [-0.1, -0.05) is 18.6 Å². The van der Waals surface area contributed by atoms with Gasteiger partial charge in [0.05, 0.1) is 11.6 Å². The monoisotopic (exact) mass is 240 g/mol. The number of nitriles is 1. The molecule has 0 saturated heterocycles. The van der Waals surface area contributed by atoms with E-state index in [0.29, 0.717) is 12.1 Å². The van der Waals surface area contributed by atoms with Crippen LogP contribution in [0.2, 0.25) is 0 Å². The molecular weight excluding hydrogens is 220 g/mol. The van der Waals surface area contributed by atoms with Crippen LogP contribution in [-0.2, 0) is 0 Å². The molecule has 1 N–H and O–H groups in total. The van der Waals surface area contributed by atoms with Crippen molar-refractivity contribution in [3.05, 3.63) is 35.4 Å². The third-order valence-electron chi connectivity index (χ3n) is 4.72. The van der Waals surface area contributed by atoms with Gasteiger partial charge in [-0.3, -0.25) is 0 Å². The van der Waals surface area contributed by atoms with Crippen molar-refractivity contribution in [3.8, 4) is 6.07 Å². The zero-order chi connectivity index (χ0) is 12.5. The third-order valence-corrected chi connectivity index (χ3v) is 4.72. The van der Waals surface area contributed by atoms with Crippen LogP contribution in [0.3, 0.4) is 0 Å². The Morgan fingerprint density at radius 2 is 2.22 bits per heavy atom. The molecule has 0 aliphatic heterocycles. The quantitative estimate of drug-likeness (QED) is 0.879. The molecule has 0 heterocycles. The molecule has 1 aromatic carbocycles. The Morgan fingerprint density at radius 3 is 2.89 bits per heavy atom. The first-order valence-corrected chi connectivity index (χ1v) is 7.02. The molecule has 0 spiro atoms. The summed E-state index contributed by atoms with van der Waals surface area (Å²) in [4.78, 5) is 0. The molecule has 0 amide bonds. The maximum atomic E-state index is 8.94. The third kappa shape index (κ3) is 2.15. The molecule has 2 aliphatic carbocycles. The predicted molar refractivity (Wildman–Crippen MR) is 71.9 cm³/mol. The normalized spacial score (nSPS) is 31.2. The van der Waals surface area contributed by atoms with E-state index in [0.717, 1.165) is 17.4 Å². The molecular formula is C16H20N2. The second-order valence-electron chi connectivity index (χ2n) is 5.91. The molecule has 2 aliphatic rings. The molecule has 2 fully saturated rings. The lowest BCUT2D eigenvalue weighted by atomic mass is 9.94. The zero-order valence-electron chi connectivity index (χ0n) is 10.9. The Balaban J connectivity index is 1.67. The van der Waals surface area contributed by atoms with Crippen molar-refractivity contribution in [2.24, 2.45) is 11.8 Å². The molecule has 4 atom stereocenters. The molecule has 0 aromatic heterocycles. The summed E-state index contributed by atoms with van der Waals surface area (Å²) in [7, 11) is 0. The molecule has 2 bridgehead atoms. The fourth-order valence-corrected chi connectivity index (χ4v) is 3.74. The number of nitrogens with one attached hydrogen (secondary N) is 1. The van der Waals surface area contributed by atoms with Crippen molar-refractivity contribution in [1.82, 2.24) is 5.32 Å². The van der Waals surface area contributed by atoms with Crippen molar-refractivity contribution in [1.29, 1.82) is 5.26 Å². The summed E-state index contributed by atoms with van der Waals surface area (Å²) in [5, 5.41) is 12.7. The Bertz CT molecular complexity index is 474. The summed E-state index contributed by atoms with van der Waals surface area (Å²) in [5.74, 6) is 1.88. The minimum absolute atomic E-state index is 0.350. The fraction of sp³-hybridized carbons (Fsp3) is 0.562. The number of hydrogen-bond donors (Lipinski definition) is 1. The summed E-state index contributed by atoms with van der Waals surface area (Å²) in [5.41, 5.74) is 1.99. The summed E-state index contributed by atoms with van der Waals surface area (Å²) in [6.07, 6.45) is 5.64. The highest BCUT2D eigenvalue weighted by Crippen LogP contribution is 2.45. The van der Waals surface area contributed by atoms with E-state index in [9.17, 15) is 0 Å². The molecule has 18 heavy (non-hydrogen) atoms. The van der Waals surface area contributed by atoms with E-state index in [2.05, 4.69) is 24.4 Å². The van der Waals surface area contributed by atoms with E-state index < -0.39 is 0 Å². The Labute approximate surface area is 109 Å². The van der Waals surface area contributed by atoms with Gasteiger partial charge < -0.3 is 5.32 Å². The summed E-state index contributed by atoms with van der Waals surface area (Å²) < 4.78 is 0. The SMILES string of the molecule is CC(NC1CC2CCC1C2)c1cccc(C#N)c1. The number of nitrogens with zero attached hydrogens (tertiary/aromatic N) is 1. The summed E-state index contributed by atoms with van der Waals surface area (Å²) >= 11 is 0. The van der Waals surface area contributed by atoms with Crippen LogP contribution >= 0.6 is 0 Å². The number of fused-ring (bicyclic) bond motifs is 2. The highest BCUT2D eigenvalue weighted by molar-refractivity contribution is 5.34. The van der Waals surface area contributed by atoms with Gasteiger partial charge in [-0.25, -0.2) is 0 Å². The van der Waals surface area contributed by atoms with Gasteiger partial charge >= 0.3 is 0 Å². The largest absolute Gasteiger partial charge is 0.307 e. The second-order valence-corrected chi connectivity index (χ2v) is 5.91. The molecule has 2 nitrogen and oxygen atoms in total. The maximum Gasteiger partial charge on any atom is 0.0991 e. The lowest BCUT2D eigenvalue weighted by Gasteiger charge is -2.27. The highest BCUT2D eigenvalue weighted by Gasteiger charge is 2.39. The maximum absolute atomic E-state index is 8.94. The minimum Gasteiger partial charge on any atom is -0.307 e. The predicted octanol–water partition coefficient (Wildman–Crippen LogP) is 3.40. The molecule has 3 rings (SSSR count). The lowest BCUT2D eigenvalue weighted by Crippen LogP contribution is -2.35. The van der Waals surface area contributed by atoms with Crippen LogP contribution in [0.1, 0.15) is 49.8 Å². The molecule has 2 heteroatoms. The first kappa shape index (κ1) is 11.7. The van der Waals surface area contributed by atoms with Crippen LogP contribution in [-0.4, -0.2) is 6.04 Å². The van der Waals surface area contributed by atoms with Gasteiger partial charge in [-0.2, -0.15) is 5.26 Å². The van der Waals surface area contributed by atoms with Gasteiger partial charge in [0.1, 0.15) is 0 Å². The first-order chi connectivity index (χ1) is 8.76. The average molecular weight is 240 g/mol. The van der Waals surface area contributed by atoms with Gasteiger partial charge in [-0.05, 0) is 55.7 Å². The number of benzene rings is 1. The number of hydrogen-bond acceptors (Lipinski definition) is 2. The van der Waals surface area contributed by atoms with Gasteiger partial charge in [0, 0.05) is 12.1 Å². The fourth-order valence-electron chi connectivity index (χ4n) is 3.74. The molecule has 1 aromatic rings. The van der Waals surface area contributed by atoms with Crippen molar-refractivity contribution >= 4 is 0 Å². The summed E-state index contributed by atoms with van der Waals surface area (Å²) in [6, 6.07) is 11.2. The average Bonchev–Trinajstić information content (AvgIpc) is 3.01. The second kappa shape index (κ2) is 4.74. The van der Waals surface area contributed by atoms with Crippen LogP contribution in [0.25, 0.3) is 0 Å². The van der Waals surface area contributed by atoms with E-state index in [-0.39, 0.29) is 0 Å². The molecule has 4 unspecified atom stereocenters. The van der Waals surface area contributed by atoms with Gasteiger partial charge in [-0.15, -0.1) is 0 Å². The van der Waals surface area contributed by atoms with E-state index in [1.54, 1.807) is 0 Å². The Kier molecular flexibility index (Phi) is 3.09.